The highest BCUT2D eigenvalue weighted by molar-refractivity contribution is 7.99. The second-order valence-corrected chi connectivity index (χ2v) is 6.07. The molecule has 1 aromatic carbocycles. The Bertz CT molecular complexity index is 596. The van der Waals surface area contributed by atoms with Crippen molar-refractivity contribution in [2.75, 3.05) is 23.9 Å². The number of carbonyl (C=O) groups excluding carboxylic acids is 1. The Morgan fingerprint density at radius 1 is 1.35 bits per heavy atom. The average molecular weight is 307 g/mol. The number of benzene rings is 1. The summed E-state index contributed by atoms with van der Waals surface area (Å²) < 4.78 is 0. The van der Waals surface area contributed by atoms with Crippen molar-refractivity contribution in [2.45, 2.75) is 11.3 Å². The Labute approximate surface area is 126 Å². The van der Waals surface area contributed by atoms with Gasteiger partial charge in [-0.15, -0.1) is 23.1 Å². The molecule has 0 fully saturated rings. The fourth-order valence-corrected chi connectivity index (χ4v) is 3.81. The molecule has 0 atom stereocenters. The molecule has 20 heavy (non-hydrogen) atoms. The summed E-state index contributed by atoms with van der Waals surface area (Å²) in [5.41, 5.74) is 13.0. The van der Waals surface area contributed by atoms with Gasteiger partial charge in [-0.2, -0.15) is 0 Å². The Morgan fingerprint density at radius 3 is 2.65 bits per heavy atom. The number of primary amides is 1. The van der Waals surface area contributed by atoms with Crippen molar-refractivity contribution in [3.63, 3.8) is 0 Å². The molecule has 0 saturated heterocycles. The van der Waals surface area contributed by atoms with E-state index in [0.717, 1.165) is 22.9 Å². The molecule has 2 rings (SSSR count). The van der Waals surface area contributed by atoms with Crippen molar-refractivity contribution in [1.29, 1.82) is 0 Å². The van der Waals surface area contributed by atoms with Crippen LogP contribution in [0.1, 0.15) is 15.2 Å². The zero-order valence-electron chi connectivity index (χ0n) is 11.2. The van der Waals surface area contributed by atoms with Gasteiger partial charge >= 0.3 is 0 Å². The van der Waals surface area contributed by atoms with E-state index < -0.39 is 5.91 Å². The molecule has 0 radical (unpaired) electrons. The summed E-state index contributed by atoms with van der Waals surface area (Å²) in [4.78, 5) is 12.6. The molecule has 5 N–H and O–H groups in total. The van der Waals surface area contributed by atoms with E-state index in [1.165, 1.54) is 28.7 Å². The van der Waals surface area contributed by atoms with E-state index >= 15 is 0 Å². The normalized spacial score (nSPS) is 10.4. The first-order valence-corrected chi connectivity index (χ1v) is 8.21. The molecule has 0 saturated carbocycles. The number of rotatable bonds is 6. The molecule has 2 aromatic rings. The minimum Gasteiger partial charge on any atom is -0.396 e. The minimum atomic E-state index is -0.473. The first-order valence-electron chi connectivity index (χ1n) is 6.17. The van der Waals surface area contributed by atoms with Crippen LogP contribution in [0.5, 0.6) is 0 Å². The number of nitrogen functional groups attached to an aromatic ring is 1. The Morgan fingerprint density at radius 2 is 2.05 bits per heavy atom. The molecule has 0 unspecified atom stereocenters. The van der Waals surface area contributed by atoms with E-state index in [1.54, 1.807) is 0 Å². The maximum atomic E-state index is 11.3. The van der Waals surface area contributed by atoms with Crippen molar-refractivity contribution in [3.8, 4) is 0 Å². The molecule has 0 spiro atoms. The second kappa shape index (κ2) is 6.67. The zero-order valence-corrected chi connectivity index (χ0v) is 12.8. The van der Waals surface area contributed by atoms with Crippen LogP contribution in [-0.2, 0) is 6.42 Å². The molecule has 0 aliphatic heterocycles. The van der Waals surface area contributed by atoms with Crippen LogP contribution in [0.2, 0.25) is 0 Å². The third-order valence-electron chi connectivity index (χ3n) is 2.87. The topological polar surface area (TPSA) is 81.1 Å². The number of amides is 1. The lowest BCUT2D eigenvalue weighted by Crippen LogP contribution is -2.10. The highest BCUT2D eigenvalue weighted by atomic mass is 32.2. The van der Waals surface area contributed by atoms with Gasteiger partial charge in [-0.25, -0.2) is 0 Å². The average Bonchev–Trinajstić information content (AvgIpc) is 2.76. The van der Waals surface area contributed by atoms with Crippen LogP contribution in [0.3, 0.4) is 0 Å². The molecule has 0 aliphatic carbocycles. The molecule has 0 bridgehead atoms. The fourth-order valence-electron chi connectivity index (χ4n) is 1.90. The van der Waals surface area contributed by atoms with E-state index in [-0.39, 0.29) is 0 Å². The van der Waals surface area contributed by atoms with Gasteiger partial charge in [0.2, 0.25) is 0 Å². The van der Waals surface area contributed by atoms with Gasteiger partial charge in [0.25, 0.3) is 5.91 Å². The van der Waals surface area contributed by atoms with E-state index in [0.29, 0.717) is 10.6 Å². The highest BCUT2D eigenvalue weighted by Crippen LogP contribution is 2.41. The number of hydrogen-bond acceptors (Lipinski definition) is 5. The van der Waals surface area contributed by atoms with Gasteiger partial charge in [-0.3, -0.25) is 4.79 Å². The Hall–Kier alpha value is -1.66. The molecular formula is C14H17N3OS2. The molecular weight excluding hydrogens is 290 g/mol. The Balaban J connectivity index is 2.06. The lowest BCUT2D eigenvalue weighted by atomic mass is 10.1. The number of carbonyl (C=O) groups is 1. The number of hydrogen-bond donors (Lipinski definition) is 3. The lowest BCUT2D eigenvalue weighted by molar-refractivity contribution is 0.100. The van der Waals surface area contributed by atoms with Crippen LogP contribution in [0.15, 0.2) is 35.2 Å². The van der Waals surface area contributed by atoms with Crippen LogP contribution < -0.4 is 16.8 Å². The number of thiophene rings is 1. The quantitative estimate of drug-likeness (QED) is 0.717. The van der Waals surface area contributed by atoms with Crippen LogP contribution in [0.25, 0.3) is 0 Å². The molecule has 4 nitrogen and oxygen atoms in total. The van der Waals surface area contributed by atoms with Crippen molar-refractivity contribution >= 4 is 39.7 Å². The third-order valence-corrected chi connectivity index (χ3v) is 5.01. The first kappa shape index (κ1) is 14.7. The Kier molecular flexibility index (Phi) is 4.92. The largest absolute Gasteiger partial charge is 0.396 e. The molecule has 0 aliphatic rings. The van der Waals surface area contributed by atoms with Crippen LogP contribution in [0, 0.1) is 0 Å². The number of anilines is 2. The van der Waals surface area contributed by atoms with Crippen molar-refractivity contribution in [3.05, 3.63) is 40.8 Å². The summed E-state index contributed by atoms with van der Waals surface area (Å²) in [5, 5.41) is 4.26. The molecule has 1 aromatic heterocycles. The highest BCUT2D eigenvalue weighted by Gasteiger charge is 2.18. The summed E-state index contributed by atoms with van der Waals surface area (Å²) in [7, 11) is 0. The molecule has 6 heteroatoms. The third kappa shape index (κ3) is 3.26. The zero-order chi connectivity index (χ0) is 14.5. The van der Waals surface area contributed by atoms with Gasteiger partial charge in [-0.05, 0) is 18.2 Å². The van der Waals surface area contributed by atoms with Gasteiger partial charge in [0.1, 0.15) is 9.88 Å². The van der Waals surface area contributed by atoms with Crippen LogP contribution >= 0.6 is 23.1 Å². The van der Waals surface area contributed by atoms with E-state index in [4.69, 9.17) is 11.5 Å². The molecule has 106 valence electrons. The second-order valence-electron chi connectivity index (χ2n) is 4.23. The van der Waals surface area contributed by atoms with Crippen molar-refractivity contribution in [2.24, 2.45) is 5.73 Å². The predicted octanol–water partition coefficient (Wildman–Crippen LogP) is 2.81. The molecule has 1 heterocycles. The van der Waals surface area contributed by atoms with E-state index in [9.17, 15) is 4.79 Å². The first-order chi connectivity index (χ1) is 9.63. The summed E-state index contributed by atoms with van der Waals surface area (Å²) in [6.07, 6.45) is 2.85. The predicted molar refractivity (Wildman–Crippen MR) is 87.7 cm³/mol. The van der Waals surface area contributed by atoms with Gasteiger partial charge in [0.15, 0.2) is 0 Å². The number of nitrogens with one attached hydrogen (secondary N) is 1. The monoisotopic (exact) mass is 307 g/mol. The maximum Gasteiger partial charge on any atom is 0.261 e. The van der Waals surface area contributed by atoms with E-state index in [1.807, 2.05) is 24.5 Å². The smallest absolute Gasteiger partial charge is 0.261 e. The maximum absolute atomic E-state index is 11.3. The van der Waals surface area contributed by atoms with Gasteiger partial charge < -0.3 is 16.8 Å². The lowest BCUT2D eigenvalue weighted by Gasteiger charge is -2.06. The standard InChI is InChI=1S/C14H17N3OS2/c1-19-12-10(15)11(13(16)18)20-14(12)17-8-7-9-5-3-2-4-6-9/h2-6,17H,7-8,15H2,1H3,(H2,16,18). The van der Waals surface area contributed by atoms with Gasteiger partial charge in [0.05, 0.1) is 10.6 Å². The summed E-state index contributed by atoms with van der Waals surface area (Å²) in [6, 6.07) is 10.2. The van der Waals surface area contributed by atoms with E-state index in [2.05, 4.69) is 17.4 Å². The summed E-state index contributed by atoms with van der Waals surface area (Å²) in [5.74, 6) is -0.473. The van der Waals surface area contributed by atoms with Gasteiger partial charge in [0, 0.05) is 6.54 Å². The van der Waals surface area contributed by atoms with Gasteiger partial charge in [-0.1, -0.05) is 30.3 Å². The van der Waals surface area contributed by atoms with Crippen LogP contribution in [0.4, 0.5) is 10.7 Å². The van der Waals surface area contributed by atoms with Crippen LogP contribution in [-0.4, -0.2) is 18.7 Å². The summed E-state index contributed by atoms with van der Waals surface area (Å²) in [6.45, 7) is 0.787. The number of nitrogens with two attached hydrogens (primary N) is 2. The molecule has 1 amide bonds. The van der Waals surface area contributed by atoms with Crippen molar-refractivity contribution < 1.29 is 4.79 Å². The fraction of sp³-hybridized carbons (Fsp3) is 0.214. The summed E-state index contributed by atoms with van der Waals surface area (Å²) >= 11 is 2.84. The SMILES string of the molecule is CSc1c(NCCc2ccccc2)sc(C(N)=O)c1N. The minimum absolute atomic E-state index is 0.427. The van der Waals surface area contributed by atoms with Crippen molar-refractivity contribution in [1.82, 2.24) is 0 Å². The number of thioether (sulfide) groups is 1.